The first-order valence-electron chi connectivity index (χ1n) is 9.16. The quantitative estimate of drug-likeness (QED) is 0.792. The largest absolute Gasteiger partial charge is 0.381 e. The minimum absolute atomic E-state index is 0.0144. The Balaban J connectivity index is 1.58. The van der Waals surface area contributed by atoms with Gasteiger partial charge in [0.2, 0.25) is 11.9 Å². The third-order valence-corrected chi connectivity index (χ3v) is 5.81. The number of ether oxygens (including phenoxy) is 2. The number of carbonyl (C=O) groups is 1. The molecule has 0 aromatic carbocycles. The zero-order valence-corrected chi connectivity index (χ0v) is 14.8. The summed E-state index contributed by atoms with van der Waals surface area (Å²) in [7, 11) is 0. The van der Waals surface area contributed by atoms with Gasteiger partial charge in [-0.15, -0.1) is 0 Å². The number of carbonyl (C=O) groups excluding carboxylic acids is 1. The molecule has 3 fully saturated rings. The van der Waals surface area contributed by atoms with Crippen molar-refractivity contribution in [3.8, 4) is 0 Å². The lowest BCUT2D eigenvalue weighted by Gasteiger charge is -2.39. The van der Waals surface area contributed by atoms with Crippen LogP contribution < -0.4 is 4.90 Å². The lowest BCUT2D eigenvalue weighted by atomic mass is 9.71. The molecule has 1 aromatic rings. The molecule has 3 aliphatic heterocycles. The number of morpholine rings is 1. The van der Waals surface area contributed by atoms with Crippen molar-refractivity contribution in [1.82, 2.24) is 14.9 Å². The molecule has 0 radical (unpaired) electrons. The highest BCUT2D eigenvalue weighted by molar-refractivity contribution is 5.81. The van der Waals surface area contributed by atoms with E-state index < -0.39 is 0 Å². The first-order chi connectivity index (χ1) is 12.2. The fraction of sp³-hybridized carbons (Fsp3) is 0.722. The van der Waals surface area contributed by atoms with Crippen molar-refractivity contribution in [2.75, 3.05) is 57.5 Å². The van der Waals surface area contributed by atoms with Crippen molar-refractivity contribution in [3.05, 3.63) is 18.0 Å². The molecule has 25 heavy (non-hydrogen) atoms. The van der Waals surface area contributed by atoms with E-state index in [1.54, 1.807) is 0 Å². The molecule has 1 aromatic heterocycles. The summed E-state index contributed by atoms with van der Waals surface area (Å²) < 4.78 is 11.0. The fourth-order valence-electron chi connectivity index (χ4n) is 4.30. The predicted octanol–water partition coefficient (Wildman–Crippen LogP) is 0.877. The third kappa shape index (κ3) is 3.22. The van der Waals surface area contributed by atoms with E-state index in [-0.39, 0.29) is 17.2 Å². The van der Waals surface area contributed by atoms with Crippen LogP contribution in [-0.2, 0) is 14.3 Å². The van der Waals surface area contributed by atoms with Crippen LogP contribution in [0.15, 0.2) is 12.4 Å². The molecule has 0 N–H and O–H groups in total. The van der Waals surface area contributed by atoms with Gasteiger partial charge in [0.15, 0.2) is 0 Å². The Labute approximate surface area is 148 Å². The maximum atomic E-state index is 13.3. The van der Waals surface area contributed by atoms with Gasteiger partial charge in [-0.05, 0) is 25.3 Å². The smallest absolute Gasteiger partial charge is 0.228 e. The van der Waals surface area contributed by atoms with Crippen LogP contribution >= 0.6 is 0 Å². The van der Waals surface area contributed by atoms with Gasteiger partial charge in [0.25, 0.3) is 0 Å². The van der Waals surface area contributed by atoms with Gasteiger partial charge < -0.3 is 19.3 Å². The molecule has 3 saturated heterocycles. The van der Waals surface area contributed by atoms with Gasteiger partial charge in [0.05, 0.1) is 19.1 Å². The maximum Gasteiger partial charge on any atom is 0.228 e. The number of nitrogens with zero attached hydrogens (tertiary/aromatic N) is 4. The Morgan fingerprint density at radius 3 is 2.44 bits per heavy atom. The molecule has 1 spiro atoms. The minimum atomic E-state index is -0.0259. The summed E-state index contributed by atoms with van der Waals surface area (Å²) in [5.74, 6) is 0.980. The Morgan fingerprint density at radius 2 is 1.76 bits per heavy atom. The van der Waals surface area contributed by atoms with E-state index in [1.807, 2.05) is 24.2 Å². The van der Waals surface area contributed by atoms with E-state index in [0.29, 0.717) is 32.8 Å². The second-order valence-corrected chi connectivity index (χ2v) is 7.41. The highest BCUT2D eigenvalue weighted by Gasteiger charge is 2.52. The predicted molar refractivity (Wildman–Crippen MR) is 92.4 cm³/mol. The first-order valence-corrected chi connectivity index (χ1v) is 9.16. The van der Waals surface area contributed by atoms with Crippen LogP contribution in [0.5, 0.6) is 0 Å². The highest BCUT2D eigenvalue weighted by atomic mass is 16.5. The van der Waals surface area contributed by atoms with Crippen molar-refractivity contribution in [2.45, 2.75) is 19.8 Å². The summed E-state index contributed by atoms with van der Waals surface area (Å²) in [6.45, 7) is 7.65. The average Bonchev–Trinajstić information content (AvgIpc) is 3.01. The summed E-state index contributed by atoms with van der Waals surface area (Å²) in [5.41, 5.74) is 1.02. The Morgan fingerprint density at radius 1 is 1.12 bits per heavy atom. The average molecular weight is 346 g/mol. The van der Waals surface area contributed by atoms with E-state index >= 15 is 0 Å². The molecular weight excluding hydrogens is 320 g/mol. The number of anilines is 1. The monoisotopic (exact) mass is 346 g/mol. The van der Waals surface area contributed by atoms with Crippen molar-refractivity contribution in [3.63, 3.8) is 0 Å². The summed E-state index contributed by atoms with van der Waals surface area (Å²) in [4.78, 5) is 26.4. The second kappa shape index (κ2) is 6.88. The molecule has 4 rings (SSSR count). The standard InChI is InChI=1S/C18H26N4O3/c1-14-10-19-17(20-11-14)22-12-15(16(23)21-4-8-25-9-5-21)18(13-22)2-6-24-7-3-18/h10-11,15H,2-9,12-13H2,1H3/t15-/m1/s1. The molecule has 7 heteroatoms. The second-order valence-electron chi connectivity index (χ2n) is 7.41. The normalized spacial score (nSPS) is 26.2. The van der Waals surface area contributed by atoms with E-state index in [1.165, 1.54) is 0 Å². The Kier molecular flexibility index (Phi) is 4.60. The van der Waals surface area contributed by atoms with E-state index in [0.717, 1.165) is 44.1 Å². The molecule has 4 heterocycles. The van der Waals surface area contributed by atoms with E-state index in [2.05, 4.69) is 14.9 Å². The van der Waals surface area contributed by atoms with Crippen LogP contribution in [0.3, 0.4) is 0 Å². The van der Waals surface area contributed by atoms with Gasteiger partial charge in [-0.25, -0.2) is 9.97 Å². The molecular formula is C18H26N4O3. The number of rotatable bonds is 2. The first kappa shape index (κ1) is 16.7. The fourth-order valence-corrected chi connectivity index (χ4v) is 4.30. The van der Waals surface area contributed by atoms with Crippen LogP contribution in [0.25, 0.3) is 0 Å². The molecule has 0 saturated carbocycles. The Bertz CT molecular complexity index is 609. The van der Waals surface area contributed by atoms with Crippen LogP contribution in [-0.4, -0.2) is 73.4 Å². The highest BCUT2D eigenvalue weighted by Crippen LogP contribution is 2.45. The lowest BCUT2D eigenvalue weighted by Crippen LogP contribution is -2.49. The van der Waals surface area contributed by atoms with Crippen LogP contribution in [0, 0.1) is 18.3 Å². The molecule has 136 valence electrons. The van der Waals surface area contributed by atoms with Gasteiger partial charge in [-0.2, -0.15) is 0 Å². The molecule has 7 nitrogen and oxygen atoms in total. The number of hydrogen-bond donors (Lipinski definition) is 0. The maximum absolute atomic E-state index is 13.3. The van der Waals surface area contributed by atoms with Gasteiger partial charge >= 0.3 is 0 Å². The van der Waals surface area contributed by atoms with Gasteiger partial charge in [0.1, 0.15) is 0 Å². The van der Waals surface area contributed by atoms with Crippen molar-refractivity contribution < 1.29 is 14.3 Å². The van der Waals surface area contributed by atoms with E-state index in [4.69, 9.17) is 9.47 Å². The molecule has 0 aliphatic carbocycles. The lowest BCUT2D eigenvalue weighted by molar-refractivity contribution is -0.144. The number of amides is 1. The topological polar surface area (TPSA) is 67.8 Å². The molecule has 1 atom stereocenters. The van der Waals surface area contributed by atoms with Crippen molar-refractivity contribution in [2.24, 2.45) is 11.3 Å². The van der Waals surface area contributed by atoms with Crippen molar-refractivity contribution >= 4 is 11.9 Å². The van der Waals surface area contributed by atoms with Gasteiger partial charge in [0, 0.05) is 57.2 Å². The zero-order valence-electron chi connectivity index (χ0n) is 14.8. The minimum Gasteiger partial charge on any atom is -0.381 e. The summed E-state index contributed by atoms with van der Waals surface area (Å²) in [5, 5.41) is 0. The van der Waals surface area contributed by atoms with Crippen LogP contribution in [0.4, 0.5) is 5.95 Å². The summed E-state index contributed by atoms with van der Waals surface area (Å²) >= 11 is 0. The summed E-state index contributed by atoms with van der Waals surface area (Å²) in [6.07, 6.45) is 5.54. The van der Waals surface area contributed by atoms with Crippen LogP contribution in [0.2, 0.25) is 0 Å². The van der Waals surface area contributed by atoms with Gasteiger partial charge in [-0.3, -0.25) is 4.79 Å². The number of aryl methyl sites for hydroxylation is 1. The third-order valence-electron chi connectivity index (χ3n) is 5.81. The van der Waals surface area contributed by atoms with Crippen LogP contribution in [0.1, 0.15) is 18.4 Å². The van der Waals surface area contributed by atoms with Crippen molar-refractivity contribution in [1.29, 1.82) is 0 Å². The van der Waals surface area contributed by atoms with Gasteiger partial charge in [-0.1, -0.05) is 0 Å². The number of hydrogen-bond acceptors (Lipinski definition) is 6. The summed E-state index contributed by atoms with van der Waals surface area (Å²) in [6, 6.07) is 0. The Hall–Kier alpha value is -1.73. The SMILES string of the molecule is Cc1cnc(N2C[C@H](C(=O)N3CCOCC3)C3(CCOCC3)C2)nc1. The molecule has 0 unspecified atom stereocenters. The number of aromatic nitrogens is 2. The molecule has 0 bridgehead atoms. The van der Waals surface area contributed by atoms with E-state index in [9.17, 15) is 4.79 Å². The zero-order chi connectivity index (χ0) is 17.3. The molecule has 1 amide bonds. The molecule has 3 aliphatic rings.